The number of halogens is 2. The monoisotopic (exact) mass is 485 g/mol. The minimum Gasteiger partial charge on any atom is -0.479 e. The molecule has 35 heavy (non-hydrogen) atoms. The summed E-state index contributed by atoms with van der Waals surface area (Å²) >= 11 is 5.91. The van der Waals surface area contributed by atoms with E-state index in [0.29, 0.717) is 16.6 Å². The largest absolute Gasteiger partial charge is 0.479 e. The van der Waals surface area contributed by atoms with E-state index in [9.17, 15) is 14.3 Å². The highest BCUT2D eigenvalue weighted by molar-refractivity contribution is 6.31. The zero-order valence-corrected chi connectivity index (χ0v) is 19.5. The molecule has 1 N–H and O–H groups in total. The van der Waals surface area contributed by atoms with Gasteiger partial charge in [-0.2, -0.15) is 0 Å². The molecular weight excluding hydrogens is 465 g/mol. The molecule has 0 aliphatic heterocycles. The van der Waals surface area contributed by atoms with Crippen LogP contribution in [-0.4, -0.2) is 22.2 Å². The van der Waals surface area contributed by atoms with Crippen molar-refractivity contribution in [2.24, 2.45) is 0 Å². The fourth-order valence-electron chi connectivity index (χ4n) is 4.14. The number of carboxylic acid groups (broad SMARTS) is 1. The Labute approximate surface area is 207 Å². The van der Waals surface area contributed by atoms with Crippen LogP contribution in [-0.2, 0) is 9.53 Å². The molecule has 0 saturated carbocycles. The van der Waals surface area contributed by atoms with E-state index >= 15 is 0 Å². The summed E-state index contributed by atoms with van der Waals surface area (Å²) in [7, 11) is 0. The first-order valence-electron chi connectivity index (χ1n) is 11.1. The third-order valence-electron chi connectivity index (χ3n) is 6.00. The maximum atomic E-state index is 13.7. The van der Waals surface area contributed by atoms with Gasteiger partial charge >= 0.3 is 5.97 Å². The Morgan fingerprint density at radius 3 is 2.60 bits per heavy atom. The Morgan fingerprint density at radius 1 is 1.03 bits per heavy atom. The normalized spacial score (nSPS) is 15.6. The molecule has 0 bridgehead atoms. The van der Waals surface area contributed by atoms with Crippen LogP contribution in [0.5, 0.6) is 0 Å². The molecule has 0 radical (unpaired) electrons. The molecule has 4 nitrogen and oxygen atoms in total. The molecule has 5 rings (SSSR count). The van der Waals surface area contributed by atoms with E-state index in [1.807, 2.05) is 72.8 Å². The maximum absolute atomic E-state index is 13.7. The number of carboxylic acids is 1. The lowest BCUT2D eigenvalue weighted by molar-refractivity contribution is -0.151. The SMILES string of the molecule is CC(O[C@H]1c2ccccc2C=Cc2ccc(/C=C/c3ccc4cc(F)c(Cl)cc4n3)cc21)C(=O)O. The van der Waals surface area contributed by atoms with Gasteiger partial charge in [-0.3, -0.25) is 0 Å². The fraction of sp³-hybridized carbons (Fsp3) is 0.103. The number of hydrogen-bond donors (Lipinski definition) is 1. The zero-order chi connectivity index (χ0) is 24.5. The van der Waals surface area contributed by atoms with Crippen molar-refractivity contribution in [1.29, 1.82) is 0 Å². The molecule has 1 aromatic heterocycles. The van der Waals surface area contributed by atoms with Gasteiger partial charge in [0, 0.05) is 5.39 Å². The fourth-order valence-corrected chi connectivity index (χ4v) is 4.30. The number of fused-ring (bicyclic) bond motifs is 3. The Kier molecular flexibility index (Phi) is 6.20. The van der Waals surface area contributed by atoms with Gasteiger partial charge in [0.05, 0.1) is 16.2 Å². The topological polar surface area (TPSA) is 59.4 Å². The number of aliphatic carboxylic acids is 1. The van der Waals surface area contributed by atoms with Gasteiger partial charge in [0.1, 0.15) is 11.9 Å². The summed E-state index contributed by atoms with van der Waals surface area (Å²) in [5, 5.41) is 10.2. The van der Waals surface area contributed by atoms with Crippen molar-refractivity contribution < 1.29 is 19.0 Å². The van der Waals surface area contributed by atoms with Crippen LogP contribution in [0.4, 0.5) is 4.39 Å². The minimum absolute atomic E-state index is 0.0341. The summed E-state index contributed by atoms with van der Waals surface area (Å²) in [5.74, 6) is -1.49. The highest BCUT2D eigenvalue weighted by atomic mass is 35.5. The van der Waals surface area contributed by atoms with Crippen LogP contribution < -0.4 is 0 Å². The highest BCUT2D eigenvalue weighted by Crippen LogP contribution is 2.37. The predicted octanol–water partition coefficient (Wildman–Crippen LogP) is 7.26. The molecule has 0 spiro atoms. The summed E-state index contributed by atoms with van der Waals surface area (Å²) in [4.78, 5) is 16.1. The number of carbonyl (C=O) groups is 1. The Hall–Kier alpha value is -3.80. The number of rotatable bonds is 5. The van der Waals surface area contributed by atoms with E-state index in [2.05, 4.69) is 4.98 Å². The van der Waals surface area contributed by atoms with E-state index < -0.39 is 24.0 Å². The van der Waals surface area contributed by atoms with Crippen LogP contribution in [0.15, 0.2) is 66.7 Å². The first-order valence-corrected chi connectivity index (χ1v) is 11.5. The molecule has 1 heterocycles. The molecule has 6 heteroatoms. The third-order valence-corrected chi connectivity index (χ3v) is 6.29. The van der Waals surface area contributed by atoms with Gasteiger partial charge in [-0.25, -0.2) is 14.2 Å². The van der Waals surface area contributed by atoms with E-state index in [0.717, 1.165) is 27.8 Å². The number of hydrogen-bond acceptors (Lipinski definition) is 3. The van der Waals surface area contributed by atoms with Gasteiger partial charge < -0.3 is 9.84 Å². The number of nitrogens with zero attached hydrogens (tertiary/aromatic N) is 1. The quantitative estimate of drug-likeness (QED) is 0.323. The maximum Gasteiger partial charge on any atom is 0.332 e. The molecule has 174 valence electrons. The molecule has 1 aliphatic rings. The van der Waals surface area contributed by atoms with E-state index in [-0.39, 0.29) is 5.02 Å². The lowest BCUT2D eigenvalue weighted by atomic mass is 9.94. The van der Waals surface area contributed by atoms with Crippen LogP contribution in [0.1, 0.15) is 46.5 Å². The van der Waals surface area contributed by atoms with E-state index in [4.69, 9.17) is 16.3 Å². The second-order valence-electron chi connectivity index (χ2n) is 8.38. The minimum atomic E-state index is -1.01. The standard InChI is InChI=1S/C29H21ClFNO3/c1-17(29(33)34)35-28-23-5-3-2-4-19(23)9-10-20-8-6-18(14-24(20)28)7-12-22-13-11-21-15-26(31)25(30)16-27(21)32-22/h2-17,28H,1H3,(H,33,34)/b12-7+/t17?,28-/m0/s1. The van der Waals surface area contributed by atoms with Gasteiger partial charge in [-0.15, -0.1) is 0 Å². The molecule has 3 aromatic carbocycles. The summed E-state index contributed by atoms with van der Waals surface area (Å²) in [6, 6.07) is 20.3. The number of aromatic nitrogens is 1. The second kappa shape index (κ2) is 9.45. The second-order valence-corrected chi connectivity index (χ2v) is 8.78. The highest BCUT2D eigenvalue weighted by Gasteiger charge is 2.26. The Morgan fingerprint density at radius 2 is 1.80 bits per heavy atom. The Balaban J connectivity index is 1.52. The van der Waals surface area contributed by atoms with Crippen LogP contribution in [0.3, 0.4) is 0 Å². The first kappa shape index (κ1) is 23.0. The van der Waals surface area contributed by atoms with Crippen LogP contribution in [0, 0.1) is 5.82 Å². The molecule has 0 amide bonds. The average molecular weight is 486 g/mol. The predicted molar refractivity (Wildman–Crippen MR) is 137 cm³/mol. The van der Waals surface area contributed by atoms with E-state index in [1.165, 1.54) is 19.1 Å². The van der Waals surface area contributed by atoms with Gasteiger partial charge in [0.2, 0.25) is 0 Å². The van der Waals surface area contributed by atoms with Gasteiger partial charge in [0.15, 0.2) is 6.10 Å². The summed E-state index contributed by atoms with van der Waals surface area (Å²) in [6.45, 7) is 1.54. The lowest BCUT2D eigenvalue weighted by Gasteiger charge is -2.23. The van der Waals surface area contributed by atoms with Gasteiger partial charge in [0.25, 0.3) is 0 Å². The van der Waals surface area contributed by atoms with Crippen molar-refractivity contribution in [2.75, 3.05) is 0 Å². The van der Waals surface area contributed by atoms with Gasteiger partial charge in [-0.05, 0) is 65.1 Å². The van der Waals surface area contributed by atoms with Crippen molar-refractivity contribution in [3.63, 3.8) is 0 Å². The molecule has 2 atom stereocenters. The number of ether oxygens (including phenoxy) is 1. The zero-order valence-electron chi connectivity index (χ0n) is 18.8. The van der Waals surface area contributed by atoms with Gasteiger partial charge in [-0.1, -0.05) is 72.3 Å². The van der Waals surface area contributed by atoms with Crippen molar-refractivity contribution in [2.45, 2.75) is 19.1 Å². The molecule has 1 unspecified atom stereocenters. The number of benzene rings is 3. The molecule has 0 saturated heterocycles. The summed E-state index contributed by atoms with van der Waals surface area (Å²) < 4.78 is 19.8. The van der Waals surface area contributed by atoms with E-state index in [1.54, 1.807) is 6.07 Å². The smallest absolute Gasteiger partial charge is 0.332 e. The van der Waals surface area contributed by atoms with Crippen LogP contribution >= 0.6 is 11.6 Å². The molecular formula is C29H21ClFNO3. The molecule has 4 aromatic rings. The molecule has 0 fully saturated rings. The van der Waals surface area contributed by atoms with Crippen molar-refractivity contribution in [1.82, 2.24) is 4.98 Å². The van der Waals surface area contributed by atoms with Crippen molar-refractivity contribution in [3.05, 3.63) is 111 Å². The Bertz CT molecular complexity index is 1510. The number of pyridine rings is 1. The summed E-state index contributed by atoms with van der Waals surface area (Å²) in [6.07, 6.45) is 6.32. The lowest BCUT2D eigenvalue weighted by Crippen LogP contribution is -2.23. The van der Waals surface area contributed by atoms with Crippen molar-refractivity contribution >= 4 is 52.8 Å². The van der Waals surface area contributed by atoms with Crippen molar-refractivity contribution in [3.8, 4) is 0 Å². The molecule has 1 aliphatic carbocycles. The average Bonchev–Trinajstić information content (AvgIpc) is 3.00. The van der Waals surface area contributed by atoms with Crippen LogP contribution in [0.2, 0.25) is 5.02 Å². The third kappa shape index (κ3) is 4.74. The summed E-state index contributed by atoms with van der Waals surface area (Å²) in [5.41, 5.74) is 5.96. The first-order chi connectivity index (χ1) is 16.9. The van der Waals surface area contributed by atoms with Crippen LogP contribution in [0.25, 0.3) is 35.2 Å².